The van der Waals surface area contributed by atoms with E-state index in [0.717, 1.165) is 11.8 Å². The molecule has 1 nitrogen and oxygen atoms in total. The predicted octanol–water partition coefficient (Wildman–Crippen LogP) is 3.77. The number of rotatable bonds is 8. The Kier molecular flexibility index (Phi) is 7.80. The van der Waals surface area contributed by atoms with Crippen molar-refractivity contribution >= 4 is 16.9 Å². The van der Waals surface area contributed by atoms with Crippen LogP contribution in [0, 0.1) is 0 Å². The lowest BCUT2D eigenvalue weighted by Crippen LogP contribution is -2.20. The molecule has 0 aromatic rings. The standard InChI is InChI=1S/C10H16F4OS/c1-2-9(15)16-6-5-10(13,14)4-3-8(12)7-11/h8H,2-7H2,1H3. The molecule has 0 N–H and O–H groups in total. The van der Waals surface area contributed by atoms with E-state index in [2.05, 4.69) is 0 Å². The van der Waals surface area contributed by atoms with Gasteiger partial charge in [-0.05, 0) is 6.42 Å². The van der Waals surface area contributed by atoms with E-state index in [9.17, 15) is 22.4 Å². The first-order valence-electron chi connectivity index (χ1n) is 5.14. The van der Waals surface area contributed by atoms with E-state index in [4.69, 9.17) is 0 Å². The predicted molar refractivity (Wildman–Crippen MR) is 57.4 cm³/mol. The molecule has 1 atom stereocenters. The largest absolute Gasteiger partial charge is 0.287 e. The fourth-order valence-corrected chi connectivity index (χ4v) is 1.82. The van der Waals surface area contributed by atoms with Crippen molar-refractivity contribution in [1.82, 2.24) is 0 Å². The Morgan fingerprint density at radius 3 is 2.50 bits per heavy atom. The summed E-state index contributed by atoms with van der Waals surface area (Å²) >= 11 is 0.857. The second kappa shape index (κ2) is 7.92. The van der Waals surface area contributed by atoms with Gasteiger partial charge in [-0.15, -0.1) is 0 Å². The van der Waals surface area contributed by atoms with Crippen LogP contribution in [0.25, 0.3) is 0 Å². The van der Waals surface area contributed by atoms with Crippen LogP contribution in [0.1, 0.15) is 32.6 Å². The zero-order valence-corrected chi connectivity index (χ0v) is 9.96. The molecule has 16 heavy (non-hydrogen) atoms. The highest BCUT2D eigenvalue weighted by Crippen LogP contribution is 2.28. The van der Waals surface area contributed by atoms with Crippen molar-refractivity contribution in [3.8, 4) is 0 Å². The summed E-state index contributed by atoms with van der Waals surface area (Å²) in [5.41, 5.74) is 0. The lowest BCUT2D eigenvalue weighted by atomic mass is 10.1. The van der Waals surface area contributed by atoms with E-state index in [-0.39, 0.29) is 10.9 Å². The summed E-state index contributed by atoms with van der Waals surface area (Å²) in [5.74, 6) is -2.99. The molecule has 0 bridgehead atoms. The van der Waals surface area contributed by atoms with E-state index < -0.39 is 38.0 Å². The quantitative estimate of drug-likeness (QED) is 0.618. The molecule has 0 fully saturated rings. The van der Waals surface area contributed by atoms with E-state index in [1.165, 1.54) is 0 Å². The van der Waals surface area contributed by atoms with E-state index in [0.29, 0.717) is 6.42 Å². The van der Waals surface area contributed by atoms with Crippen molar-refractivity contribution in [3.63, 3.8) is 0 Å². The van der Waals surface area contributed by atoms with Gasteiger partial charge in [0.25, 0.3) is 0 Å². The summed E-state index contributed by atoms with van der Waals surface area (Å²) in [6.07, 6.45) is -3.11. The molecular weight excluding hydrogens is 244 g/mol. The van der Waals surface area contributed by atoms with Gasteiger partial charge in [0.05, 0.1) is 0 Å². The normalized spacial score (nSPS) is 13.8. The van der Waals surface area contributed by atoms with Crippen LogP contribution >= 0.6 is 11.8 Å². The number of alkyl halides is 4. The van der Waals surface area contributed by atoms with Crippen LogP contribution in [0.5, 0.6) is 0 Å². The summed E-state index contributed by atoms with van der Waals surface area (Å²) in [4.78, 5) is 10.8. The molecule has 0 saturated heterocycles. The average molecular weight is 260 g/mol. The average Bonchev–Trinajstić information content (AvgIpc) is 2.25. The third kappa shape index (κ3) is 7.96. The Morgan fingerprint density at radius 1 is 1.38 bits per heavy atom. The Bertz CT molecular complexity index is 211. The van der Waals surface area contributed by atoms with Crippen LogP contribution in [0.15, 0.2) is 0 Å². The first-order valence-corrected chi connectivity index (χ1v) is 6.13. The van der Waals surface area contributed by atoms with Crippen molar-refractivity contribution < 1.29 is 22.4 Å². The lowest BCUT2D eigenvalue weighted by molar-refractivity contribution is -0.110. The van der Waals surface area contributed by atoms with Crippen LogP contribution in [0.4, 0.5) is 17.6 Å². The van der Waals surface area contributed by atoms with E-state index in [1.54, 1.807) is 6.92 Å². The molecule has 1 unspecified atom stereocenters. The maximum absolute atomic E-state index is 13.1. The molecule has 6 heteroatoms. The minimum Gasteiger partial charge on any atom is -0.287 e. The molecule has 0 aromatic carbocycles. The number of thioether (sulfide) groups is 1. The van der Waals surface area contributed by atoms with Gasteiger partial charge in [-0.3, -0.25) is 4.79 Å². The second-order valence-electron chi connectivity index (χ2n) is 3.47. The minimum absolute atomic E-state index is 0.0201. The molecule has 96 valence electrons. The molecule has 0 rings (SSSR count). The van der Waals surface area contributed by atoms with Gasteiger partial charge in [-0.1, -0.05) is 18.7 Å². The maximum atomic E-state index is 13.1. The minimum atomic E-state index is -3.01. The Morgan fingerprint density at radius 2 is 2.00 bits per heavy atom. The Labute approximate surface area is 97.0 Å². The van der Waals surface area contributed by atoms with Crippen LogP contribution in [0.3, 0.4) is 0 Å². The highest BCUT2D eigenvalue weighted by Gasteiger charge is 2.29. The van der Waals surface area contributed by atoms with Gasteiger partial charge in [0.2, 0.25) is 5.92 Å². The lowest BCUT2D eigenvalue weighted by Gasteiger charge is -2.16. The topological polar surface area (TPSA) is 17.1 Å². The van der Waals surface area contributed by atoms with Gasteiger partial charge in [-0.25, -0.2) is 17.6 Å². The van der Waals surface area contributed by atoms with Crippen molar-refractivity contribution in [2.45, 2.75) is 44.7 Å². The van der Waals surface area contributed by atoms with Crippen LogP contribution in [-0.2, 0) is 4.79 Å². The molecule has 0 aliphatic heterocycles. The van der Waals surface area contributed by atoms with Gasteiger partial charge in [0.15, 0.2) is 5.12 Å². The number of carbonyl (C=O) groups excluding carboxylic acids is 1. The van der Waals surface area contributed by atoms with Crippen LogP contribution in [-0.4, -0.2) is 29.6 Å². The Hall–Kier alpha value is -0.260. The summed E-state index contributed by atoms with van der Waals surface area (Å²) in [6, 6.07) is 0. The van der Waals surface area contributed by atoms with Crippen molar-refractivity contribution in [2.75, 3.05) is 12.4 Å². The molecule has 0 aliphatic rings. The smallest absolute Gasteiger partial charge is 0.249 e. The summed E-state index contributed by atoms with van der Waals surface area (Å²) in [5, 5.41) is -0.136. The summed E-state index contributed by atoms with van der Waals surface area (Å²) in [6.45, 7) is 0.432. The molecule has 0 saturated carbocycles. The Balaban J connectivity index is 3.73. The number of hydrogen-bond donors (Lipinski definition) is 0. The molecule has 0 radical (unpaired) electrons. The number of hydrogen-bond acceptors (Lipinski definition) is 2. The molecule has 0 spiro atoms. The monoisotopic (exact) mass is 260 g/mol. The molecule has 0 aliphatic carbocycles. The van der Waals surface area contributed by atoms with Gasteiger partial charge in [-0.2, -0.15) is 0 Å². The van der Waals surface area contributed by atoms with Crippen LogP contribution < -0.4 is 0 Å². The third-order valence-electron chi connectivity index (χ3n) is 2.01. The SMILES string of the molecule is CCC(=O)SCCC(F)(F)CCC(F)CF. The zero-order valence-electron chi connectivity index (χ0n) is 9.15. The van der Waals surface area contributed by atoms with E-state index in [1.807, 2.05) is 0 Å². The van der Waals surface area contributed by atoms with Crippen LogP contribution in [0.2, 0.25) is 0 Å². The fraction of sp³-hybridized carbons (Fsp3) is 0.900. The maximum Gasteiger partial charge on any atom is 0.249 e. The first-order chi connectivity index (χ1) is 7.41. The van der Waals surface area contributed by atoms with Crippen molar-refractivity contribution in [2.24, 2.45) is 0 Å². The van der Waals surface area contributed by atoms with E-state index >= 15 is 0 Å². The molecule has 0 heterocycles. The highest BCUT2D eigenvalue weighted by molar-refractivity contribution is 8.13. The van der Waals surface area contributed by atoms with Gasteiger partial charge in [0.1, 0.15) is 12.8 Å². The number of halogens is 4. The summed E-state index contributed by atoms with van der Waals surface area (Å²) < 4.78 is 50.2. The highest BCUT2D eigenvalue weighted by atomic mass is 32.2. The first kappa shape index (κ1) is 15.7. The fourth-order valence-electron chi connectivity index (χ4n) is 0.986. The molecule has 0 aromatic heterocycles. The number of carbonyl (C=O) groups is 1. The van der Waals surface area contributed by atoms with Crippen molar-refractivity contribution in [1.29, 1.82) is 0 Å². The second-order valence-corrected chi connectivity index (χ2v) is 4.62. The summed E-state index contributed by atoms with van der Waals surface area (Å²) in [7, 11) is 0. The van der Waals surface area contributed by atoms with Crippen molar-refractivity contribution in [3.05, 3.63) is 0 Å². The van der Waals surface area contributed by atoms with Gasteiger partial charge in [0, 0.05) is 25.0 Å². The molecule has 0 amide bonds. The zero-order chi connectivity index (χ0) is 12.6. The third-order valence-corrected chi connectivity index (χ3v) is 3.03. The van der Waals surface area contributed by atoms with Gasteiger partial charge >= 0.3 is 0 Å². The van der Waals surface area contributed by atoms with Gasteiger partial charge < -0.3 is 0 Å². The molecular formula is C10H16F4OS.